The van der Waals surface area contributed by atoms with Gasteiger partial charge in [-0.05, 0) is 37.2 Å². The highest BCUT2D eigenvalue weighted by atomic mass is 32.2. The van der Waals surface area contributed by atoms with Gasteiger partial charge in [0, 0.05) is 23.6 Å². The van der Waals surface area contributed by atoms with Crippen LogP contribution in [-0.4, -0.2) is 35.1 Å². The van der Waals surface area contributed by atoms with E-state index in [1.54, 1.807) is 0 Å². The zero-order chi connectivity index (χ0) is 8.93. The van der Waals surface area contributed by atoms with Crippen LogP contribution >= 0.6 is 23.5 Å². The van der Waals surface area contributed by atoms with Crippen LogP contribution in [0.1, 0.15) is 25.7 Å². The van der Waals surface area contributed by atoms with Crippen molar-refractivity contribution in [3.8, 4) is 0 Å². The summed E-state index contributed by atoms with van der Waals surface area (Å²) in [5.74, 6) is 5.47. The lowest BCUT2D eigenvalue weighted by Gasteiger charge is -2.30. The molecule has 0 aromatic rings. The predicted octanol–water partition coefficient (Wildman–Crippen LogP) is 2.37. The van der Waals surface area contributed by atoms with E-state index in [2.05, 4.69) is 28.8 Å². The summed E-state index contributed by atoms with van der Waals surface area (Å²) in [7, 11) is 0. The first-order chi connectivity index (χ1) is 6.45. The van der Waals surface area contributed by atoms with Crippen LogP contribution in [0.2, 0.25) is 0 Å². The summed E-state index contributed by atoms with van der Waals surface area (Å²) in [6.07, 6.45) is 5.66. The van der Waals surface area contributed by atoms with Gasteiger partial charge in [0.15, 0.2) is 0 Å². The van der Waals surface area contributed by atoms with E-state index in [9.17, 15) is 0 Å². The molecule has 2 aliphatic rings. The van der Waals surface area contributed by atoms with Crippen molar-refractivity contribution in [3.63, 3.8) is 0 Å². The molecular formula is C10H19NS2. The zero-order valence-electron chi connectivity index (χ0n) is 8.13. The Balaban J connectivity index is 1.69. The van der Waals surface area contributed by atoms with Crippen molar-refractivity contribution >= 4 is 23.5 Å². The minimum atomic E-state index is 0.822. The second-order valence-corrected chi connectivity index (χ2v) is 6.29. The molecule has 76 valence electrons. The van der Waals surface area contributed by atoms with Gasteiger partial charge in [-0.1, -0.05) is 0 Å². The minimum absolute atomic E-state index is 0.822. The van der Waals surface area contributed by atoms with Gasteiger partial charge in [0.2, 0.25) is 0 Å². The van der Waals surface area contributed by atoms with Gasteiger partial charge in [-0.15, -0.1) is 0 Å². The second-order valence-electron chi connectivity index (χ2n) is 3.99. The van der Waals surface area contributed by atoms with E-state index in [1.807, 2.05) is 0 Å². The largest absolute Gasteiger partial charge is 0.310 e. The molecule has 2 fully saturated rings. The summed E-state index contributed by atoms with van der Waals surface area (Å²) in [6, 6.07) is 1.64. The van der Waals surface area contributed by atoms with Gasteiger partial charge >= 0.3 is 0 Å². The fourth-order valence-electron chi connectivity index (χ4n) is 2.08. The Hall–Kier alpha value is 0.660. The molecule has 2 saturated heterocycles. The van der Waals surface area contributed by atoms with E-state index in [0.29, 0.717) is 0 Å². The molecule has 2 atom stereocenters. The second kappa shape index (κ2) is 5.52. The van der Waals surface area contributed by atoms with E-state index >= 15 is 0 Å². The van der Waals surface area contributed by atoms with Crippen LogP contribution in [0.15, 0.2) is 0 Å². The van der Waals surface area contributed by atoms with E-state index < -0.39 is 0 Å². The summed E-state index contributed by atoms with van der Waals surface area (Å²) in [5.41, 5.74) is 0. The molecule has 0 bridgehead atoms. The Bertz CT molecular complexity index is 124. The van der Waals surface area contributed by atoms with Crippen LogP contribution in [0.4, 0.5) is 0 Å². The summed E-state index contributed by atoms with van der Waals surface area (Å²) >= 11 is 4.24. The molecule has 2 heterocycles. The molecule has 0 amide bonds. The maximum atomic E-state index is 3.82. The minimum Gasteiger partial charge on any atom is -0.310 e. The van der Waals surface area contributed by atoms with Crippen LogP contribution in [0.25, 0.3) is 0 Å². The number of thioether (sulfide) groups is 2. The maximum absolute atomic E-state index is 3.82. The first-order valence-electron chi connectivity index (χ1n) is 5.37. The van der Waals surface area contributed by atoms with Crippen molar-refractivity contribution in [3.05, 3.63) is 0 Å². The Labute approximate surface area is 89.8 Å². The van der Waals surface area contributed by atoms with Gasteiger partial charge in [-0.25, -0.2) is 0 Å². The Morgan fingerprint density at radius 1 is 0.846 bits per heavy atom. The fourth-order valence-corrected chi connectivity index (χ4v) is 4.25. The monoisotopic (exact) mass is 217 g/mol. The Kier molecular flexibility index (Phi) is 4.32. The normalized spacial score (nSPS) is 36.0. The van der Waals surface area contributed by atoms with Crippen LogP contribution in [0, 0.1) is 0 Å². The number of hydrogen-bond donors (Lipinski definition) is 1. The van der Waals surface area contributed by atoms with E-state index in [-0.39, 0.29) is 0 Å². The van der Waals surface area contributed by atoms with Gasteiger partial charge in [0.1, 0.15) is 0 Å². The van der Waals surface area contributed by atoms with Gasteiger partial charge < -0.3 is 5.32 Å². The average Bonchev–Trinajstić information content (AvgIpc) is 2.21. The van der Waals surface area contributed by atoms with Crippen LogP contribution in [0.5, 0.6) is 0 Å². The molecule has 0 aromatic heterocycles. The quantitative estimate of drug-likeness (QED) is 0.763. The highest BCUT2D eigenvalue weighted by Gasteiger charge is 2.19. The van der Waals surface area contributed by atoms with Gasteiger partial charge in [-0.2, -0.15) is 23.5 Å². The standard InChI is InChI=1S/C10H19NS2/c1-3-9(7-12-5-1)11-10-4-2-6-13-8-10/h9-11H,1-8H2. The molecule has 3 heteroatoms. The third kappa shape index (κ3) is 3.37. The molecule has 0 saturated carbocycles. The molecule has 13 heavy (non-hydrogen) atoms. The highest BCUT2D eigenvalue weighted by Crippen LogP contribution is 2.21. The molecule has 2 aliphatic heterocycles. The highest BCUT2D eigenvalue weighted by molar-refractivity contribution is 7.99. The third-order valence-corrected chi connectivity index (χ3v) is 5.22. The van der Waals surface area contributed by atoms with Crippen molar-refractivity contribution in [1.29, 1.82) is 0 Å². The van der Waals surface area contributed by atoms with Gasteiger partial charge in [-0.3, -0.25) is 0 Å². The van der Waals surface area contributed by atoms with Crippen molar-refractivity contribution < 1.29 is 0 Å². The maximum Gasteiger partial charge on any atom is 0.0161 e. The topological polar surface area (TPSA) is 12.0 Å². The molecular weight excluding hydrogens is 198 g/mol. The fraction of sp³-hybridized carbons (Fsp3) is 1.00. The molecule has 1 nitrogen and oxygen atoms in total. The number of hydrogen-bond acceptors (Lipinski definition) is 3. The third-order valence-electron chi connectivity index (χ3n) is 2.79. The lowest BCUT2D eigenvalue weighted by molar-refractivity contribution is 0.424. The SMILES string of the molecule is C1CSCC(NC2CCCSC2)C1. The first kappa shape index (κ1) is 10.2. The average molecular weight is 217 g/mol. The van der Waals surface area contributed by atoms with E-state index in [0.717, 1.165) is 12.1 Å². The summed E-state index contributed by atoms with van der Waals surface area (Å²) < 4.78 is 0. The predicted molar refractivity (Wildman–Crippen MR) is 63.8 cm³/mol. The van der Waals surface area contributed by atoms with E-state index in [1.165, 1.54) is 48.7 Å². The zero-order valence-corrected chi connectivity index (χ0v) is 9.76. The molecule has 0 spiro atoms. The van der Waals surface area contributed by atoms with Crippen LogP contribution in [-0.2, 0) is 0 Å². The van der Waals surface area contributed by atoms with Crippen molar-refractivity contribution in [2.75, 3.05) is 23.0 Å². The van der Waals surface area contributed by atoms with Gasteiger partial charge in [0.05, 0.1) is 0 Å². The summed E-state index contributed by atoms with van der Waals surface area (Å²) in [5, 5.41) is 3.82. The number of nitrogens with one attached hydrogen (secondary N) is 1. The number of rotatable bonds is 2. The summed E-state index contributed by atoms with van der Waals surface area (Å²) in [6.45, 7) is 0. The van der Waals surface area contributed by atoms with Crippen LogP contribution in [0.3, 0.4) is 0 Å². The van der Waals surface area contributed by atoms with Crippen LogP contribution < -0.4 is 5.32 Å². The first-order valence-corrected chi connectivity index (χ1v) is 7.67. The van der Waals surface area contributed by atoms with Crippen molar-refractivity contribution in [1.82, 2.24) is 5.32 Å². The lowest BCUT2D eigenvalue weighted by atomic mass is 10.1. The molecule has 1 N–H and O–H groups in total. The molecule has 2 rings (SSSR count). The lowest BCUT2D eigenvalue weighted by Crippen LogP contribution is -2.43. The Morgan fingerprint density at radius 3 is 1.77 bits per heavy atom. The molecule has 0 aliphatic carbocycles. The smallest absolute Gasteiger partial charge is 0.0161 e. The van der Waals surface area contributed by atoms with Crippen molar-refractivity contribution in [2.45, 2.75) is 37.8 Å². The van der Waals surface area contributed by atoms with Crippen molar-refractivity contribution in [2.24, 2.45) is 0 Å². The molecule has 0 radical (unpaired) electrons. The summed E-state index contributed by atoms with van der Waals surface area (Å²) in [4.78, 5) is 0. The van der Waals surface area contributed by atoms with Gasteiger partial charge in [0.25, 0.3) is 0 Å². The van der Waals surface area contributed by atoms with E-state index in [4.69, 9.17) is 0 Å². The molecule has 0 aromatic carbocycles. The molecule has 2 unspecified atom stereocenters. The Morgan fingerprint density at radius 2 is 1.38 bits per heavy atom.